The van der Waals surface area contributed by atoms with Crippen molar-refractivity contribution in [2.45, 2.75) is 98.3 Å². The minimum atomic E-state index is -1.97. The number of aliphatic hydroxyl groups excluding tert-OH is 1. The molecule has 12 nitrogen and oxygen atoms in total. The minimum Gasteiger partial charge on any atom is -0.507 e. The number of Topliss-reactive ketones (excluding diaryl/α,β-unsaturated/α-hetero) is 2. The molecule has 0 unspecified atom stereocenters. The third-order valence-electron chi connectivity index (χ3n) is 10.3. The highest BCUT2D eigenvalue weighted by atomic mass is 16.7. The van der Waals surface area contributed by atoms with Crippen molar-refractivity contribution in [3.63, 3.8) is 0 Å². The lowest BCUT2D eigenvalue weighted by Crippen LogP contribution is -2.56. The molecular weight excluding hydrogens is 646 g/mol. The van der Waals surface area contributed by atoms with Gasteiger partial charge in [-0.15, -0.1) is 0 Å². The standard InChI is InChI=1S/C38H47NO11/c1-17-12-11-13-18(2)36(45)39-23-16-24(40)26-27(31(23)43)30(42)21(5)34-28(26)35(44)38(9,50-34)47-15-14-25(46-10)19(3)29(41)20(4)33-22(6)32(17)48-37(7,8)49-33/h11-17,19-20,22,25,29,32-33,41-42H,1-10H3,(H,39,45)/t17-,19-,20+,22-,25+,29+,32+,33-,38-/m0/s1. The van der Waals surface area contributed by atoms with E-state index in [0.717, 1.165) is 6.08 Å². The van der Waals surface area contributed by atoms with Crippen LogP contribution in [0.25, 0.3) is 0 Å². The van der Waals surface area contributed by atoms with Crippen LogP contribution < -0.4 is 10.1 Å². The number of carbonyl (C=O) groups excluding carboxylic acids is 4. The Labute approximate surface area is 292 Å². The fraction of sp³-hybridized carbons (Fsp3) is 0.526. The largest absolute Gasteiger partial charge is 0.507 e. The lowest BCUT2D eigenvalue weighted by atomic mass is 9.77. The first kappa shape index (κ1) is 37.2. The molecule has 6 rings (SSSR count). The zero-order valence-corrected chi connectivity index (χ0v) is 30.2. The first-order valence-corrected chi connectivity index (χ1v) is 16.8. The Morgan fingerprint density at radius 3 is 2.20 bits per heavy atom. The van der Waals surface area contributed by atoms with Crippen LogP contribution in [0.1, 0.15) is 92.0 Å². The van der Waals surface area contributed by atoms with Gasteiger partial charge < -0.3 is 39.2 Å². The van der Waals surface area contributed by atoms with Crippen LogP contribution in [0.15, 0.2) is 47.9 Å². The smallest absolute Gasteiger partial charge is 0.312 e. The molecule has 50 heavy (non-hydrogen) atoms. The van der Waals surface area contributed by atoms with Crippen molar-refractivity contribution >= 4 is 23.3 Å². The second-order valence-corrected chi connectivity index (χ2v) is 14.4. The molecule has 7 bridgehead atoms. The normalized spacial score (nSPS) is 34.5. The van der Waals surface area contributed by atoms with E-state index in [1.807, 2.05) is 47.6 Å². The summed E-state index contributed by atoms with van der Waals surface area (Å²) in [6, 6.07) is 0. The van der Waals surface area contributed by atoms with E-state index >= 15 is 0 Å². The molecule has 1 aliphatic carbocycles. The number of benzene rings is 1. The molecule has 270 valence electrons. The number of nitrogens with one attached hydrogen (secondary N) is 1. The lowest BCUT2D eigenvalue weighted by molar-refractivity contribution is -0.336. The zero-order chi connectivity index (χ0) is 37.0. The number of carbonyl (C=O) groups is 4. The van der Waals surface area contributed by atoms with E-state index in [1.165, 1.54) is 27.2 Å². The highest BCUT2D eigenvalue weighted by Gasteiger charge is 2.52. The van der Waals surface area contributed by atoms with E-state index in [9.17, 15) is 29.4 Å². The van der Waals surface area contributed by atoms with Gasteiger partial charge in [-0.1, -0.05) is 45.9 Å². The van der Waals surface area contributed by atoms with Crippen LogP contribution >= 0.6 is 0 Å². The maximum atomic E-state index is 13.9. The number of phenolic OH excluding ortho intramolecular Hbond substituents is 1. The summed E-state index contributed by atoms with van der Waals surface area (Å²) in [5, 5.41) is 25.3. The number of ketones is 3. The SMILES string of the molecule is CO[C@@H]1C=CO[C@@]2(C)Oc3c(C)c(O)c4c(c3C2=O)C(=O)C=C(NC(=O)C(C)=CC=C[C@H](C)[C@H]2OC(C)(C)O[C@@H]([C@H](C)[C@H](O)[C@H]1C)[C@H]2C)C4=O. The number of ether oxygens (including phenoxy) is 5. The number of rotatable bonds is 1. The van der Waals surface area contributed by atoms with Crippen LogP contribution in [0.4, 0.5) is 0 Å². The van der Waals surface area contributed by atoms with E-state index in [1.54, 1.807) is 25.2 Å². The van der Waals surface area contributed by atoms with Gasteiger partial charge in [0, 0.05) is 54.9 Å². The van der Waals surface area contributed by atoms with Gasteiger partial charge in [0.2, 0.25) is 5.78 Å². The molecule has 4 aliphatic heterocycles. The summed E-state index contributed by atoms with van der Waals surface area (Å²) in [6.45, 7) is 15.8. The van der Waals surface area contributed by atoms with Crippen molar-refractivity contribution in [3.05, 3.63) is 70.2 Å². The Balaban J connectivity index is 1.59. The van der Waals surface area contributed by atoms with Crippen LogP contribution in [0, 0.1) is 30.6 Å². The highest BCUT2D eigenvalue weighted by molar-refractivity contribution is 6.30. The van der Waals surface area contributed by atoms with E-state index in [4.69, 9.17) is 23.7 Å². The fourth-order valence-electron chi connectivity index (χ4n) is 7.31. The highest BCUT2D eigenvalue weighted by Crippen LogP contribution is 2.48. The molecular formula is C38H47NO11. The fourth-order valence-corrected chi connectivity index (χ4v) is 7.31. The average Bonchev–Trinajstić information content (AvgIpc) is 3.32. The van der Waals surface area contributed by atoms with Crippen molar-refractivity contribution in [2.24, 2.45) is 23.7 Å². The number of methoxy groups -OCH3 is 1. The van der Waals surface area contributed by atoms with Crippen molar-refractivity contribution in [1.82, 2.24) is 5.32 Å². The van der Waals surface area contributed by atoms with Gasteiger partial charge >= 0.3 is 5.79 Å². The summed E-state index contributed by atoms with van der Waals surface area (Å²) in [4.78, 5) is 54.2. The molecule has 1 fully saturated rings. The van der Waals surface area contributed by atoms with Crippen LogP contribution in [-0.4, -0.2) is 76.6 Å². The van der Waals surface area contributed by atoms with E-state index in [0.29, 0.717) is 0 Å². The Kier molecular flexibility index (Phi) is 10.1. The van der Waals surface area contributed by atoms with Gasteiger partial charge in [0.15, 0.2) is 11.6 Å². The van der Waals surface area contributed by atoms with Crippen LogP contribution in [0.5, 0.6) is 11.5 Å². The Bertz CT molecular complexity index is 1740. The van der Waals surface area contributed by atoms with E-state index in [2.05, 4.69) is 5.32 Å². The monoisotopic (exact) mass is 693 g/mol. The number of hydrogen-bond acceptors (Lipinski definition) is 11. The first-order valence-electron chi connectivity index (χ1n) is 16.8. The molecule has 5 aliphatic rings. The van der Waals surface area contributed by atoms with Gasteiger partial charge in [0.05, 0.1) is 53.1 Å². The van der Waals surface area contributed by atoms with Gasteiger partial charge in [-0.25, -0.2) is 0 Å². The number of phenols is 1. The molecule has 0 saturated carbocycles. The molecule has 1 aromatic carbocycles. The first-order chi connectivity index (χ1) is 23.3. The third kappa shape index (κ3) is 6.45. The molecule has 12 heteroatoms. The van der Waals surface area contributed by atoms with Crippen molar-refractivity contribution < 1.29 is 53.1 Å². The molecule has 1 saturated heterocycles. The van der Waals surface area contributed by atoms with E-state index in [-0.39, 0.29) is 63.7 Å². The van der Waals surface area contributed by atoms with Crippen LogP contribution in [0.3, 0.4) is 0 Å². The molecule has 0 aromatic heterocycles. The predicted octanol–water partition coefficient (Wildman–Crippen LogP) is 4.86. The summed E-state index contributed by atoms with van der Waals surface area (Å²) < 4.78 is 30.3. The summed E-state index contributed by atoms with van der Waals surface area (Å²) >= 11 is 0. The summed E-state index contributed by atoms with van der Waals surface area (Å²) in [5.74, 6) is -7.63. The van der Waals surface area contributed by atoms with Crippen molar-refractivity contribution in [1.29, 1.82) is 0 Å². The van der Waals surface area contributed by atoms with Crippen LogP contribution in [0.2, 0.25) is 0 Å². The maximum absolute atomic E-state index is 13.9. The number of allylic oxidation sites excluding steroid dienone is 4. The topological polar surface area (TPSA) is 167 Å². The Morgan fingerprint density at radius 1 is 0.880 bits per heavy atom. The van der Waals surface area contributed by atoms with Crippen molar-refractivity contribution in [2.75, 3.05) is 7.11 Å². The van der Waals surface area contributed by atoms with Crippen molar-refractivity contribution in [3.8, 4) is 11.5 Å². The maximum Gasteiger partial charge on any atom is 0.312 e. The molecule has 4 heterocycles. The molecule has 9 atom stereocenters. The zero-order valence-electron chi connectivity index (χ0n) is 30.2. The summed E-state index contributed by atoms with van der Waals surface area (Å²) in [6.07, 6.45) is 6.70. The summed E-state index contributed by atoms with van der Waals surface area (Å²) in [7, 11) is 1.49. The average molecular weight is 694 g/mol. The molecule has 1 amide bonds. The van der Waals surface area contributed by atoms with Gasteiger partial charge in [-0.3, -0.25) is 19.2 Å². The molecule has 0 spiro atoms. The van der Waals surface area contributed by atoms with Gasteiger partial charge in [-0.2, -0.15) is 0 Å². The number of aromatic hydroxyl groups is 1. The Morgan fingerprint density at radius 2 is 1.54 bits per heavy atom. The predicted molar refractivity (Wildman–Crippen MR) is 182 cm³/mol. The molecule has 0 radical (unpaired) electrons. The quantitative estimate of drug-likeness (QED) is 0.368. The molecule has 1 aromatic rings. The third-order valence-corrected chi connectivity index (χ3v) is 10.3. The van der Waals surface area contributed by atoms with Gasteiger partial charge in [0.1, 0.15) is 11.5 Å². The second-order valence-electron chi connectivity index (χ2n) is 14.4. The van der Waals surface area contributed by atoms with Gasteiger partial charge in [-0.05, 0) is 33.8 Å². The number of aliphatic hydroxyl groups is 1. The van der Waals surface area contributed by atoms with E-state index < -0.39 is 64.3 Å². The number of amides is 1. The number of fused-ring (bicyclic) bond motifs is 10. The molecule has 3 N–H and O–H groups in total. The van der Waals surface area contributed by atoms with Crippen LogP contribution in [-0.2, 0) is 23.7 Å². The second kappa shape index (κ2) is 13.6. The number of hydrogen-bond donors (Lipinski definition) is 3. The summed E-state index contributed by atoms with van der Waals surface area (Å²) in [5.41, 5.74) is -1.00. The minimum absolute atomic E-state index is 0.0484. The lowest BCUT2D eigenvalue weighted by Gasteiger charge is -2.49. The van der Waals surface area contributed by atoms with Gasteiger partial charge in [0.25, 0.3) is 11.7 Å². The Hall–Kier alpha value is -4.10.